The second-order valence-corrected chi connectivity index (χ2v) is 6.62. The highest BCUT2D eigenvalue weighted by Gasteiger charge is 2.41. The lowest BCUT2D eigenvalue weighted by molar-refractivity contribution is -0.117. The summed E-state index contributed by atoms with van der Waals surface area (Å²) in [4.78, 5) is 27.4. The highest BCUT2D eigenvalue weighted by Crippen LogP contribution is 2.36. The van der Waals surface area contributed by atoms with Gasteiger partial charge >= 0.3 is 0 Å². The fourth-order valence-corrected chi connectivity index (χ4v) is 3.83. The lowest BCUT2D eigenvalue weighted by atomic mass is 10.1. The summed E-state index contributed by atoms with van der Waals surface area (Å²) in [5.41, 5.74) is 2.14. The van der Waals surface area contributed by atoms with Crippen LogP contribution in [0.1, 0.15) is 16.8 Å². The van der Waals surface area contributed by atoms with E-state index in [9.17, 15) is 9.59 Å². The molecule has 4 rings (SSSR count). The van der Waals surface area contributed by atoms with E-state index < -0.39 is 0 Å². The van der Waals surface area contributed by atoms with E-state index in [1.165, 1.54) is 14.2 Å². The lowest BCUT2D eigenvalue weighted by Gasteiger charge is -2.32. The van der Waals surface area contributed by atoms with Crippen LogP contribution in [0, 0.1) is 0 Å². The average molecular weight is 367 g/mol. The van der Waals surface area contributed by atoms with Gasteiger partial charge in [-0.3, -0.25) is 9.59 Å². The molecule has 2 N–H and O–H groups in total. The van der Waals surface area contributed by atoms with E-state index in [0.29, 0.717) is 30.0 Å². The summed E-state index contributed by atoms with van der Waals surface area (Å²) < 4.78 is 10.6. The first-order valence-electron chi connectivity index (χ1n) is 8.80. The Morgan fingerprint density at radius 3 is 2.52 bits per heavy atom. The number of carbonyl (C=O) groups is 2. The first kappa shape index (κ1) is 17.2. The minimum atomic E-state index is -0.287. The van der Waals surface area contributed by atoms with E-state index in [-0.39, 0.29) is 23.9 Å². The van der Waals surface area contributed by atoms with Crippen molar-refractivity contribution in [3.8, 4) is 11.5 Å². The molecule has 0 radical (unpaired) electrons. The molecule has 2 aliphatic heterocycles. The van der Waals surface area contributed by atoms with Gasteiger partial charge in [0, 0.05) is 12.6 Å². The molecule has 2 aliphatic rings. The molecule has 7 nitrogen and oxygen atoms in total. The number of anilines is 2. The van der Waals surface area contributed by atoms with Gasteiger partial charge in [0.25, 0.3) is 5.91 Å². The van der Waals surface area contributed by atoms with Crippen LogP contribution in [-0.2, 0) is 4.79 Å². The van der Waals surface area contributed by atoms with Gasteiger partial charge in [-0.25, -0.2) is 0 Å². The molecule has 0 spiro atoms. The monoisotopic (exact) mass is 367 g/mol. The Bertz CT molecular complexity index is 876. The maximum absolute atomic E-state index is 12.9. The highest BCUT2D eigenvalue weighted by molar-refractivity contribution is 6.04. The van der Waals surface area contributed by atoms with Crippen LogP contribution in [0.5, 0.6) is 11.5 Å². The summed E-state index contributed by atoms with van der Waals surface area (Å²) in [6, 6.07) is 12.5. The normalized spacial score (nSPS) is 20.4. The van der Waals surface area contributed by atoms with Crippen LogP contribution in [-0.4, -0.2) is 44.7 Å². The van der Waals surface area contributed by atoms with Crippen LogP contribution in [0.2, 0.25) is 0 Å². The average Bonchev–Trinajstić information content (AvgIpc) is 3.11. The zero-order chi connectivity index (χ0) is 19.0. The number of nitrogens with one attached hydrogen (secondary N) is 2. The molecule has 27 heavy (non-hydrogen) atoms. The molecule has 2 heterocycles. The van der Waals surface area contributed by atoms with Gasteiger partial charge in [-0.05, 0) is 30.7 Å². The maximum atomic E-state index is 12.9. The predicted octanol–water partition coefficient (Wildman–Crippen LogP) is 2.03. The number of hydrogen-bond acceptors (Lipinski definition) is 5. The van der Waals surface area contributed by atoms with Crippen LogP contribution >= 0.6 is 0 Å². The van der Waals surface area contributed by atoms with Gasteiger partial charge in [0.1, 0.15) is 23.1 Å². The molecule has 0 aliphatic carbocycles. The minimum Gasteiger partial charge on any atom is -0.496 e. The number of ether oxygens (including phenoxy) is 2. The summed E-state index contributed by atoms with van der Waals surface area (Å²) in [6.07, 6.45) is 0.545. The van der Waals surface area contributed by atoms with E-state index >= 15 is 0 Å². The minimum absolute atomic E-state index is 0.0414. The predicted molar refractivity (Wildman–Crippen MR) is 102 cm³/mol. The summed E-state index contributed by atoms with van der Waals surface area (Å²) in [5, 5.41) is 5.97. The van der Waals surface area contributed by atoms with Crippen molar-refractivity contribution in [2.24, 2.45) is 0 Å². The zero-order valence-electron chi connectivity index (χ0n) is 15.2. The molecule has 0 aromatic heterocycles. The molecule has 0 bridgehead atoms. The molecule has 140 valence electrons. The van der Waals surface area contributed by atoms with Crippen LogP contribution < -0.4 is 25.0 Å². The number of methoxy groups -OCH3 is 2. The van der Waals surface area contributed by atoms with Crippen molar-refractivity contribution in [3.05, 3.63) is 48.0 Å². The number of fused-ring (bicyclic) bond motifs is 3. The Kier molecular flexibility index (Phi) is 4.35. The molecule has 2 amide bonds. The van der Waals surface area contributed by atoms with Crippen LogP contribution in [0.3, 0.4) is 0 Å². The summed E-state index contributed by atoms with van der Waals surface area (Å²) in [5.74, 6) is 0.583. The van der Waals surface area contributed by atoms with Gasteiger partial charge in [-0.15, -0.1) is 0 Å². The Labute approximate surface area is 157 Å². The molecule has 2 unspecified atom stereocenters. The topological polar surface area (TPSA) is 79.9 Å². The van der Waals surface area contributed by atoms with Crippen molar-refractivity contribution in [2.75, 3.05) is 31.0 Å². The van der Waals surface area contributed by atoms with Crippen LogP contribution in [0.15, 0.2) is 42.5 Å². The Morgan fingerprint density at radius 1 is 1.11 bits per heavy atom. The number of hydrogen-bond donors (Lipinski definition) is 2. The number of para-hydroxylation sites is 2. The second-order valence-electron chi connectivity index (χ2n) is 6.62. The van der Waals surface area contributed by atoms with E-state index in [1.807, 2.05) is 24.3 Å². The fraction of sp³-hybridized carbons (Fsp3) is 0.300. The number of rotatable bonds is 4. The Hall–Kier alpha value is -3.22. The number of benzene rings is 2. The molecular weight excluding hydrogens is 346 g/mol. The van der Waals surface area contributed by atoms with Gasteiger partial charge in [0.15, 0.2) is 0 Å². The molecule has 1 fully saturated rings. The molecule has 2 atom stereocenters. The molecular formula is C20H21N3O4. The van der Waals surface area contributed by atoms with E-state index in [0.717, 1.165) is 11.4 Å². The molecule has 0 saturated carbocycles. The van der Waals surface area contributed by atoms with Crippen molar-refractivity contribution < 1.29 is 19.1 Å². The summed E-state index contributed by atoms with van der Waals surface area (Å²) >= 11 is 0. The van der Waals surface area contributed by atoms with E-state index in [2.05, 4.69) is 15.5 Å². The van der Waals surface area contributed by atoms with Crippen molar-refractivity contribution in [1.29, 1.82) is 0 Å². The smallest absolute Gasteiger partial charge is 0.259 e. The number of nitrogens with zero attached hydrogens (tertiary/aromatic N) is 1. The van der Waals surface area contributed by atoms with E-state index in [1.54, 1.807) is 18.2 Å². The zero-order valence-corrected chi connectivity index (χ0v) is 15.2. The van der Waals surface area contributed by atoms with Crippen molar-refractivity contribution in [1.82, 2.24) is 5.32 Å². The number of amides is 2. The molecule has 2 aromatic rings. The van der Waals surface area contributed by atoms with Crippen molar-refractivity contribution in [3.63, 3.8) is 0 Å². The SMILES string of the molecule is COc1cccc(OC)c1C(=O)NC1CC2C(=O)Nc3ccccc3N2C1. The molecule has 2 aromatic carbocycles. The third kappa shape index (κ3) is 2.95. The summed E-state index contributed by atoms with van der Waals surface area (Å²) in [7, 11) is 3.03. The van der Waals surface area contributed by atoms with Gasteiger partial charge in [0.05, 0.1) is 25.6 Å². The standard InChI is InChI=1S/C20H21N3O4/c1-26-16-8-5-9-17(27-2)18(16)20(25)21-12-10-15-19(24)22-13-6-3-4-7-14(13)23(15)11-12/h3-9,12,15H,10-11H2,1-2H3,(H,21,25)(H,22,24). The van der Waals surface area contributed by atoms with Gasteiger partial charge in [-0.1, -0.05) is 18.2 Å². The maximum Gasteiger partial charge on any atom is 0.259 e. The fourth-order valence-electron chi connectivity index (χ4n) is 3.83. The largest absolute Gasteiger partial charge is 0.496 e. The van der Waals surface area contributed by atoms with Crippen molar-refractivity contribution >= 4 is 23.2 Å². The summed E-state index contributed by atoms with van der Waals surface area (Å²) in [6.45, 7) is 0.568. The third-order valence-electron chi connectivity index (χ3n) is 5.07. The van der Waals surface area contributed by atoms with Gasteiger partial charge in [0.2, 0.25) is 5.91 Å². The van der Waals surface area contributed by atoms with Crippen molar-refractivity contribution in [2.45, 2.75) is 18.5 Å². The van der Waals surface area contributed by atoms with E-state index in [4.69, 9.17) is 9.47 Å². The second kappa shape index (κ2) is 6.83. The van der Waals surface area contributed by atoms with Gasteiger partial charge in [-0.2, -0.15) is 0 Å². The molecule has 7 heteroatoms. The molecule has 1 saturated heterocycles. The van der Waals surface area contributed by atoms with Gasteiger partial charge < -0.3 is 25.0 Å². The van der Waals surface area contributed by atoms with Crippen LogP contribution in [0.25, 0.3) is 0 Å². The first-order valence-corrected chi connectivity index (χ1v) is 8.80. The number of carbonyl (C=O) groups excluding carboxylic acids is 2. The Balaban J connectivity index is 1.56. The first-order chi connectivity index (χ1) is 13.1. The third-order valence-corrected chi connectivity index (χ3v) is 5.07. The highest BCUT2D eigenvalue weighted by atomic mass is 16.5. The Morgan fingerprint density at radius 2 is 1.81 bits per heavy atom. The quantitative estimate of drug-likeness (QED) is 0.864. The van der Waals surface area contributed by atoms with Crippen LogP contribution in [0.4, 0.5) is 11.4 Å². The lowest BCUT2D eigenvalue weighted by Crippen LogP contribution is -2.44.